The van der Waals surface area contributed by atoms with Crippen LogP contribution in [0.15, 0.2) is 58.0 Å². The van der Waals surface area contributed by atoms with Crippen molar-refractivity contribution in [1.29, 1.82) is 0 Å². The molecule has 0 N–H and O–H groups in total. The maximum absolute atomic E-state index is 12.8. The minimum atomic E-state index is 0.109. The molecule has 3 rings (SSSR count). The molecular formula is C20H21BrN2O. The van der Waals surface area contributed by atoms with Crippen LogP contribution in [0.2, 0.25) is 0 Å². The Morgan fingerprint density at radius 3 is 2.62 bits per heavy atom. The molecule has 4 heteroatoms. The lowest BCUT2D eigenvalue weighted by molar-refractivity contribution is 0.100. The van der Waals surface area contributed by atoms with Gasteiger partial charge in [0.05, 0.1) is 6.54 Å². The summed E-state index contributed by atoms with van der Waals surface area (Å²) in [5, 5.41) is 0. The Bertz CT molecular complexity index is 752. The van der Waals surface area contributed by atoms with Crippen molar-refractivity contribution in [3.05, 3.63) is 64.1 Å². The first kappa shape index (κ1) is 16.9. The Morgan fingerprint density at radius 1 is 1.17 bits per heavy atom. The third kappa shape index (κ3) is 4.12. The molecule has 0 saturated heterocycles. The Labute approximate surface area is 151 Å². The van der Waals surface area contributed by atoms with Gasteiger partial charge in [-0.25, -0.2) is 0 Å². The van der Waals surface area contributed by atoms with E-state index in [2.05, 4.69) is 50.9 Å². The summed E-state index contributed by atoms with van der Waals surface area (Å²) in [5.74, 6) is 1.13. The zero-order valence-corrected chi connectivity index (χ0v) is 15.4. The van der Waals surface area contributed by atoms with E-state index in [0.29, 0.717) is 6.54 Å². The minimum Gasteiger partial charge on any atom is -0.322 e. The van der Waals surface area contributed by atoms with Crippen molar-refractivity contribution in [2.75, 3.05) is 18.0 Å². The van der Waals surface area contributed by atoms with Crippen LogP contribution in [0.1, 0.15) is 35.2 Å². The second-order valence-corrected chi connectivity index (χ2v) is 7.03. The third-order valence-corrected chi connectivity index (χ3v) is 4.72. The number of rotatable bonds is 4. The molecular weight excluding hydrogens is 364 g/mol. The monoisotopic (exact) mass is 384 g/mol. The van der Waals surface area contributed by atoms with E-state index in [-0.39, 0.29) is 5.78 Å². The second-order valence-electron chi connectivity index (χ2n) is 6.11. The molecule has 0 aliphatic carbocycles. The van der Waals surface area contributed by atoms with Gasteiger partial charge in [-0.2, -0.15) is 0 Å². The Hall–Kier alpha value is -1.94. The first-order chi connectivity index (χ1) is 11.6. The number of halogens is 1. The van der Waals surface area contributed by atoms with E-state index in [9.17, 15) is 4.79 Å². The van der Waals surface area contributed by atoms with Crippen molar-refractivity contribution in [1.82, 2.24) is 0 Å². The number of aliphatic imine (C=N–C) groups is 1. The molecule has 24 heavy (non-hydrogen) atoms. The summed E-state index contributed by atoms with van der Waals surface area (Å²) < 4.78 is 0.978. The number of Topliss-reactive ketones (excluding diaryl/α,β-unsaturated/α-hetero) is 1. The normalized spacial score (nSPS) is 14.2. The number of benzene rings is 2. The van der Waals surface area contributed by atoms with Gasteiger partial charge in [0.2, 0.25) is 0 Å². The van der Waals surface area contributed by atoms with Crippen molar-refractivity contribution >= 4 is 33.2 Å². The number of ketones is 1. The standard InChI is InChI=1S/C20H21BrN2O/c1-15-5-4-6-18(13-15)23(20-7-2-3-12-22-20)14-19(24)16-8-10-17(21)11-9-16/h4-6,8-11,13H,2-3,7,12,14H2,1H3. The average molecular weight is 385 g/mol. The van der Waals surface area contributed by atoms with Crippen LogP contribution in [0.3, 0.4) is 0 Å². The zero-order valence-electron chi connectivity index (χ0n) is 13.8. The summed E-state index contributed by atoms with van der Waals surface area (Å²) in [4.78, 5) is 19.5. The maximum atomic E-state index is 12.8. The van der Waals surface area contributed by atoms with Gasteiger partial charge in [-0.3, -0.25) is 9.79 Å². The number of hydrogen-bond donors (Lipinski definition) is 0. The van der Waals surface area contributed by atoms with Crippen LogP contribution in [0.5, 0.6) is 0 Å². The van der Waals surface area contributed by atoms with E-state index in [1.165, 1.54) is 5.56 Å². The predicted molar refractivity (Wildman–Crippen MR) is 103 cm³/mol. The summed E-state index contributed by atoms with van der Waals surface area (Å²) in [5.41, 5.74) is 2.96. The van der Waals surface area contributed by atoms with Gasteiger partial charge in [-0.15, -0.1) is 0 Å². The number of nitrogens with zero attached hydrogens (tertiary/aromatic N) is 2. The second kappa shape index (κ2) is 7.75. The van der Waals surface area contributed by atoms with E-state index in [1.54, 1.807) is 0 Å². The lowest BCUT2D eigenvalue weighted by Crippen LogP contribution is -2.37. The molecule has 0 atom stereocenters. The van der Waals surface area contributed by atoms with Gasteiger partial charge >= 0.3 is 0 Å². The molecule has 1 aliphatic rings. The summed E-state index contributed by atoms with van der Waals surface area (Å²) >= 11 is 3.41. The lowest BCUT2D eigenvalue weighted by Gasteiger charge is -2.28. The Balaban J connectivity index is 1.88. The fourth-order valence-electron chi connectivity index (χ4n) is 2.90. The first-order valence-corrected chi connectivity index (χ1v) is 9.09. The number of hydrogen-bond acceptors (Lipinski definition) is 3. The Kier molecular flexibility index (Phi) is 5.46. The highest BCUT2D eigenvalue weighted by molar-refractivity contribution is 9.10. The van der Waals surface area contributed by atoms with Gasteiger partial charge < -0.3 is 4.90 Å². The molecule has 0 radical (unpaired) electrons. The number of anilines is 1. The number of carbonyl (C=O) groups excluding carboxylic acids is 1. The number of carbonyl (C=O) groups is 1. The smallest absolute Gasteiger partial charge is 0.182 e. The van der Waals surface area contributed by atoms with Crippen LogP contribution in [-0.4, -0.2) is 24.7 Å². The zero-order chi connectivity index (χ0) is 16.9. The van der Waals surface area contributed by atoms with E-state index < -0.39 is 0 Å². The molecule has 0 bridgehead atoms. The van der Waals surface area contributed by atoms with Crippen LogP contribution >= 0.6 is 15.9 Å². The van der Waals surface area contributed by atoms with Crippen molar-refractivity contribution in [2.24, 2.45) is 4.99 Å². The van der Waals surface area contributed by atoms with Crippen LogP contribution < -0.4 is 4.90 Å². The van der Waals surface area contributed by atoms with Crippen molar-refractivity contribution < 1.29 is 4.79 Å². The van der Waals surface area contributed by atoms with E-state index >= 15 is 0 Å². The maximum Gasteiger partial charge on any atom is 0.182 e. The quantitative estimate of drug-likeness (QED) is 0.692. The molecule has 0 amide bonds. The highest BCUT2D eigenvalue weighted by atomic mass is 79.9. The highest BCUT2D eigenvalue weighted by Crippen LogP contribution is 2.21. The number of aryl methyl sites for hydroxylation is 1. The largest absolute Gasteiger partial charge is 0.322 e. The van der Waals surface area contributed by atoms with Gasteiger partial charge in [0.15, 0.2) is 5.78 Å². The van der Waals surface area contributed by atoms with E-state index in [0.717, 1.165) is 47.4 Å². The van der Waals surface area contributed by atoms with Gasteiger partial charge in [-0.1, -0.05) is 40.2 Å². The molecule has 2 aromatic rings. The van der Waals surface area contributed by atoms with Gasteiger partial charge in [0, 0.05) is 28.7 Å². The summed E-state index contributed by atoms with van der Waals surface area (Å²) in [7, 11) is 0. The lowest BCUT2D eigenvalue weighted by atomic mass is 10.1. The van der Waals surface area contributed by atoms with Crippen LogP contribution in [0.4, 0.5) is 5.69 Å². The SMILES string of the molecule is Cc1cccc(N(CC(=O)c2ccc(Br)cc2)C2=NCCCC2)c1. The fraction of sp³-hybridized carbons (Fsp3) is 0.300. The summed E-state index contributed by atoms with van der Waals surface area (Å²) in [6.07, 6.45) is 3.20. The van der Waals surface area contributed by atoms with E-state index in [4.69, 9.17) is 0 Å². The molecule has 1 heterocycles. The molecule has 1 aliphatic heterocycles. The van der Waals surface area contributed by atoms with Gasteiger partial charge in [0.1, 0.15) is 5.84 Å². The molecule has 0 unspecified atom stereocenters. The van der Waals surface area contributed by atoms with Crippen LogP contribution in [0, 0.1) is 6.92 Å². The molecule has 0 fully saturated rings. The van der Waals surface area contributed by atoms with Gasteiger partial charge in [-0.05, 0) is 49.6 Å². The highest BCUT2D eigenvalue weighted by Gasteiger charge is 2.20. The van der Waals surface area contributed by atoms with Gasteiger partial charge in [0.25, 0.3) is 0 Å². The summed E-state index contributed by atoms with van der Waals surface area (Å²) in [6.45, 7) is 3.24. The third-order valence-electron chi connectivity index (χ3n) is 4.20. The molecule has 0 saturated carbocycles. The molecule has 2 aromatic carbocycles. The Morgan fingerprint density at radius 2 is 1.96 bits per heavy atom. The van der Waals surface area contributed by atoms with Crippen LogP contribution in [-0.2, 0) is 0 Å². The topological polar surface area (TPSA) is 32.7 Å². The van der Waals surface area contributed by atoms with Crippen LogP contribution in [0.25, 0.3) is 0 Å². The molecule has 124 valence electrons. The molecule has 0 aromatic heterocycles. The summed E-state index contributed by atoms with van der Waals surface area (Å²) in [6, 6.07) is 15.8. The van der Waals surface area contributed by atoms with Crippen molar-refractivity contribution in [3.8, 4) is 0 Å². The average Bonchev–Trinajstić information content (AvgIpc) is 2.61. The first-order valence-electron chi connectivity index (χ1n) is 8.30. The fourth-order valence-corrected chi connectivity index (χ4v) is 3.16. The van der Waals surface area contributed by atoms with Crippen molar-refractivity contribution in [3.63, 3.8) is 0 Å². The number of amidine groups is 1. The van der Waals surface area contributed by atoms with Crippen molar-refractivity contribution in [2.45, 2.75) is 26.2 Å². The molecule has 3 nitrogen and oxygen atoms in total. The minimum absolute atomic E-state index is 0.109. The molecule has 0 spiro atoms. The van der Waals surface area contributed by atoms with E-state index in [1.807, 2.05) is 30.3 Å². The predicted octanol–water partition coefficient (Wildman–Crippen LogP) is 5.03.